The van der Waals surface area contributed by atoms with Gasteiger partial charge in [-0.1, -0.05) is 30.3 Å². The molecule has 11 nitrogen and oxygen atoms in total. The molecule has 0 aromatic heterocycles. The number of carbonyl (C=O) groups excluding carboxylic acids is 3. The molecule has 1 aliphatic heterocycles. The van der Waals surface area contributed by atoms with Crippen molar-refractivity contribution < 1.29 is 28.8 Å². The number of non-ortho nitro benzene ring substituents is 1. The Labute approximate surface area is 217 Å². The van der Waals surface area contributed by atoms with E-state index in [4.69, 9.17) is 9.47 Å². The molecule has 1 saturated heterocycles. The fourth-order valence-corrected chi connectivity index (χ4v) is 3.76. The van der Waals surface area contributed by atoms with Crippen molar-refractivity contribution in [2.75, 3.05) is 19.0 Å². The molecule has 3 aromatic rings. The average molecular weight is 517 g/mol. The Bertz CT molecular complexity index is 1450. The molecular weight excluding hydrogens is 492 g/mol. The highest BCUT2D eigenvalue weighted by Gasteiger charge is 2.35. The maximum absolute atomic E-state index is 12.8. The molecule has 1 heterocycles. The van der Waals surface area contributed by atoms with E-state index < -0.39 is 29.3 Å². The van der Waals surface area contributed by atoms with Crippen molar-refractivity contribution in [2.45, 2.75) is 13.5 Å². The minimum atomic E-state index is -0.704. The SMILES string of the molecule is COc1cc(/C=C2/NC(=O)N(CC(=O)Nc3cccc(C)c3)C2=O)ccc1OCc1cccc([N+](=O)[O-])c1. The van der Waals surface area contributed by atoms with Crippen molar-refractivity contribution in [1.29, 1.82) is 0 Å². The molecular formula is C27H24N4O7. The van der Waals surface area contributed by atoms with Crippen molar-refractivity contribution in [1.82, 2.24) is 10.2 Å². The number of hydrogen-bond acceptors (Lipinski definition) is 7. The number of ether oxygens (including phenoxy) is 2. The summed E-state index contributed by atoms with van der Waals surface area (Å²) in [6.45, 7) is 1.52. The zero-order valence-electron chi connectivity index (χ0n) is 20.6. The molecule has 1 fully saturated rings. The first-order valence-electron chi connectivity index (χ1n) is 11.5. The molecule has 0 atom stereocenters. The smallest absolute Gasteiger partial charge is 0.329 e. The van der Waals surface area contributed by atoms with Crippen molar-refractivity contribution in [2.24, 2.45) is 0 Å². The van der Waals surface area contributed by atoms with Gasteiger partial charge in [-0.05, 0) is 54.0 Å². The number of nitrogens with zero attached hydrogens (tertiary/aromatic N) is 2. The number of aryl methyl sites for hydroxylation is 1. The zero-order valence-corrected chi connectivity index (χ0v) is 20.6. The van der Waals surface area contributed by atoms with Gasteiger partial charge >= 0.3 is 6.03 Å². The quantitative estimate of drug-likeness (QED) is 0.189. The largest absolute Gasteiger partial charge is 0.493 e. The number of carbonyl (C=O) groups is 3. The van der Waals surface area contributed by atoms with Crippen LogP contribution in [0.25, 0.3) is 6.08 Å². The van der Waals surface area contributed by atoms with Crippen LogP contribution in [0.3, 0.4) is 0 Å². The van der Waals surface area contributed by atoms with Crippen molar-refractivity contribution in [3.8, 4) is 11.5 Å². The zero-order chi connectivity index (χ0) is 27.2. The van der Waals surface area contributed by atoms with Gasteiger partial charge in [0.05, 0.1) is 12.0 Å². The summed E-state index contributed by atoms with van der Waals surface area (Å²) >= 11 is 0. The number of nitrogens with one attached hydrogen (secondary N) is 2. The first-order chi connectivity index (χ1) is 18.2. The second-order valence-corrected chi connectivity index (χ2v) is 8.42. The lowest BCUT2D eigenvalue weighted by Crippen LogP contribution is -2.38. The van der Waals surface area contributed by atoms with Crippen molar-refractivity contribution in [3.05, 3.63) is 99.2 Å². The number of rotatable bonds is 9. The third-order valence-corrected chi connectivity index (χ3v) is 5.58. The second-order valence-electron chi connectivity index (χ2n) is 8.42. The lowest BCUT2D eigenvalue weighted by atomic mass is 10.1. The van der Waals surface area contributed by atoms with Crippen molar-refractivity contribution >= 4 is 35.3 Å². The molecule has 4 rings (SSSR count). The summed E-state index contributed by atoms with van der Waals surface area (Å²) < 4.78 is 11.2. The molecule has 0 bridgehead atoms. The van der Waals surface area contributed by atoms with Crippen LogP contribution in [-0.2, 0) is 16.2 Å². The predicted molar refractivity (Wildman–Crippen MR) is 138 cm³/mol. The summed E-state index contributed by atoms with van der Waals surface area (Å²) in [4.78, 5) is 48.9. The minimum absolute atomic E-state index is 0.00525. The molecule has 0 spiro atoms. The van der Waals surface area contributed by atoms with Crippen LogP contribution in [0.4, 0.5) is 16.2 Å². The molecule has 0 saturated carbocycles. The Morgan fingerprint density at radius 2 is 1.87 bits per heavy atom. The fourth-order valence-electron chi connectivity index (χ4n) is 3.76. The Balaban J connectivity index is 1.43. The molecule has 1 aliphatic rings. The standard InChI is InChI=1S/C27H24N4O7/c1-17-5-3-7-20(11-17)28-25(32)15-30-26(33)22(29-27(30)34)13-18-9-10-23(24(14-18)37-2)38-16-19-6-4-8-21(12-19)31(35)36/h3-14H,15-16H2,1-2H3,(H,28,32)(H,29,34)/b22-13+. The van der Waals surface area contributed by atoms with E-state index in [1.807, 2.05) is 13.0 Å². The Kier molecular flexibility index (Phi) is 7.66. The molecule has 0 aliphatic carbocycles. The van der Waals surface area contributed by atoms with Crippen LogP contribution >= 0.6 is 0 Å². The fraction of sp³-hybridized carbons (Fsp3) is 0.148. The predicted octanol–water partition coefficient (Wildman–Crippen LogP) is 4.02. The maximum atomic E-state index is 12.8. The maximum Gasteiger partial charge on any atom is 0.329 e. The third kappa shape index (κ3) is 6.13. The van der Waals surface area contributed by atoms with E-state index in [2.05, 4.69) is 10.6 Å². The Morgan fingerprint density at radius 3 is 2.61 bits per heavy atom. The summed E-state index contributed by atoms with van der Waals surface area (Å²) in [5.74, 6) is -0.403. The molecule has 194 valence electrons. The third-order valence-electron chi connectivity index (χ3n) is 5.58. The van der Waals surface area contributed by atoms with Crippen LogP contribution in [0.15, 0.2) is 72.4 Å². The van der Waals surface area contributed by atoms with Gasteiger partial charge in [-0.25, -0.2) is 9.69 Å². The molecule has 11 heteroatoms. The number of methoxy groups -OCH3 is 1. The minimum Gasteiger partial charge on any atom is -0.493 e. The van der Waals surface area contributed by atoms with Gasteiger partial charge in [-0.2, -0.15) is 0 Å². The van der Waals surface area contributed by atoms with E-state index in [0.29, 0.717) is 28.3 Å². The van der Waals surface area contributed by atoms with E-state index in [1.54, 1.807) is 48.5 Å². The number of imide groups is 1. The van der Waals surface area contributed by atoms with Gasteiger partial charge in [0.1, 0.15) is 18.8 Å². The molecule has 2 N–H and O–H groups in total. The summed E-state index contributed by atoms with van der Waals surface area (Å²) in [6.07, 6.45) is 1.46. The summed E-state index contributed by atoms with van der Waals surface area (Å²) in [5, 5.41) is 16.1. The summed E-state index contributed by atoms with van der Waals surface area (Å²) in [6, 6.07) is 17.5. The lowest BCUT2D eigenvalue weighted by molar-refractivity contribution is -0.384. The van der Waals surface area contributed by atoms with Crippen molar-refractivity contribution in [3.63, 3.8) is 0 Å². The van der Waals surface area contributed by atoms with Crippen LogP contribution < -0.4 is 20.1 Å². The average Bonchev–Trinajstić information content (AvgIpc) is 3.15. The van der Waals surface area contributed by atoms with E-state index in [9.17, 15) is 24.5 Å². The highest BCUT2D eigenvalue weighted by atomic mass is 16.6. The van der Waals surface area contributed by atoms with Crippen LogP contribution in [0.2, 0.25) is 0 Å². The summed E-state index contributed by atoms with van der Waals surface area (Å²) in [7, 11) is 1.45. The number of nitro benzene ring substituents is 1. The molecule has 0 radical (unpaired) electrons. The van der Waals surface area contributed by atoms with Gasteiger partial charge in [0.15, 0.2) is 11.5 Å². The van der Waals surface area contributed by atoms with Gasteiger partial charge < -0.3 is 20.1 Å². The van der Waals surface area contributed by atoms with Gasteiger partial charge in [0, 0.05) is 17.8 Å². The van der Waals surface area contributed by atoms with Gasteiger partial charge in [-0.3, -0.25) is 19.7 Å². The van der Waals surface area contributed by atoms with Crippen LogP contribution in [0, 0.1) is 17.0 Å². The second kappa shape index (κ2) is 11.2. The van der Waals surface area contributed by atoms with Crippen LogP contribution in [0.1, 0.15) is 16.7 Å². The topological polar surface area (TPSA) is 140 Å². The van der Waals surface area contributed by atoms with Crippen LogP contribution in [0.5, 0.6) is 11.5 Å². The molecule has 38 heavy (non-hydrogen) atoms. The van der Waals surface area contributed by atoms with Gasteiger partial charge in [0.25, 0.3) is 11.6 Å². The number of urea groups is 1. The monoisotopic (exact) mass is 516 g/mol. The Hall–Kier alpha value is -5.19. The first kappa shape index (κ1) is 25.9. The molecule has 3 aromatic carbocycles. The molecule has 0 unspecified atom stereocenters. The highest BCUT2D eigenvalue weighted by Crippen LogP contribution is 2.30. The normalized spacial score (nSPS) is 13.8. The van der Waals surface area contributed by atoms with E-state index in [-0.39, 0.29) is 18.0 Å². The van der Waals surface area contributed by atoms with Gasteiger partial charge in [-0.15, -0.1) is 0 Å². The highest BCUT2D eigenvalue weighted by molar-refractivity contribution is 6.16. The van der Waals surface area contributed by atoms with Gasteiger partial charge in [0.2, 0.25) is 5.91 Å². The Morgan fingerprint density at radius 1 is 1.08 bits per heavy atom. The number of nitro groups is 1. The number of anilines is 1. The summed E-state index contributed by atoms with van der Waals surface area (Å²) in [5.41, 5.74) is 2.64. The number of benzene rings is 3. The number of hydrogen-bond donors (Lipinski definition) is 2. The first-order valence-corrected chi connectivity index (χ1v) is 11.5. The lowest BCUT2D eigenvalue weighted by Gasteiger charge is -2.12. The van der Waals surface area contributed by atoms with E-state index >= 15 is 0 Å². The van der Waals surface area contributed by atoms with E-state index in [0.717, 1.165) is 10.5 Å². The van der Waals surface area contributed by atoms with E-state index in [1.165, 1.54) is 25.3 Å². The number of amides is 4. The van der Waals surface area contributed by atoms with Crippen LogP contribution in [-0.4, -0.2) is 41.3 Å². The molecule has 4 amide bonds.